The van der Waals surface area contributed by atoms with E-state index in [2.05, 4.69) is 0 Å². The van der Waals surface area contributed by atoms with E-state index in [0.717, 1.165) is 22.4 Å². The van der Waals surface area contributed by atoms with Gasteiger partial charge in [0.1, 0.15) is 17.3 Å². The average molecular weight is 308 g/mol. The van der Waals surface area contributed by atoms with Crippen molar-refractivity contribution in [3.63, 3.8) is 0 Å². The van der Waals surface area contributed by atoms with Crippen LogP contribution in [-0.2, 0) is 0 Å². The minimum atomic E-state index is -0.275. The highest BCUT2D eigenvalue weighted by Crippen LogP contribution is 2.33. The number of rotatable bonds is 4. The van der Waals surface area contributed by atoms with Crippen molar-refractivity contribution in [3.8, 4) is 33.8 Å². The van der Waals surface area contributed by atoms with E-state index in [-0.39, 0.29) is 5.82 Å². The zero-order chi connectivity index (χ0) is 16.2. The van der Waals surface area contributed by atoms with E-state index >= 15 is 0 Å². The fourth-order valence-corrected chi connectivity index (χ4v) is 2.56. The van der Waals surface area contributed by atoms with E-state index in [1.807, 2.05) is 54.6 Å². The van der Waals surface area contributed by atoms with E-state index in [9.17, 15) is 4.39 Å². The van der Waals surface area contributed by atoms with Gasteiger partial charge in [0.25, 0.3) is 0 Å². The van der Waals surface area contributed by atoms with Gasteiger partial charge < -0.3 is 9.47 Å². The number of halogens is 1. The predicted molar refractivity (Wildman–Crippen MR) is 90.4 cm³/mol. The number of hydrogen-bond donors (Lipinski definition) is 0. The number of ether oxygens (including phenoxy) is 2. The average Bonchev–Trinajstić information content (AvgIpc) is 2.61. The first-order chi connectivity index (χ1) is 11.2. The lowest BCUT2D eigenvalue weighted by Gasteiger charge is -2.11. The lowest BCUT2D eigenvalue weighted by atomic mass is 9.99. The van der Waals surface area contributed by atoms with Crippen LogP contribution >= 0.6 is 0 Å². The van der Waals surface area contributed by atoms with Gasteiger partial charge in [0.2, 0.25) is 0 Å². The van der Waals surface area contributed by atoms with Crippen molar-refractivity contribution >= 4 is 0 Å². The summed E-state index contributed by atoms with van der Waals surface area (Å²) in [5.41, 5.74) is 3.04. The van der Waals surface area contributed by atoms with Crippen molar-refractivity contribution < 1.29 is 13.9 Å². The molecule has 3 rings (SSSR count). The molecular formula is C20H17FO2. The van der Waals surface area contributed by atoms with Crippen LogP contribution in [0, 0.1) is 5.82 Å². The molecule has 0 spiro atoms. The van der Waals surface area contributed by atoms with Gasteiger partial charge in [-0.05, 0) is 35.4 Å². The van der Waals surface area contributed by atoms with E-state index in [1.54, 1.807) is 26.4 Å². The van der Waals surface area contributed by atoms with E-state index < -0.39 is 0 Å². The molecule has 3 heteroatoms. The maximum absolute atomic E-state index is 14.6. The standard InChI is InChI=1S/C20H17FO2/c1-22-16-10-7-14(8-11-16)15-9-12-17(19(21)13-15)18-5-3-4-6-20(18)23-2/h3-13H,1-2H3. The number of para-hydroxylation sites is 1. The molecule has 0 unspecified atom stereocenters. The third-order valence-corrected chi connectivity index (χ3v) is 3.79. The molecule has 3 aromatic rings. The molecule has 0 heterocycles. The van der Waals surface area contributed by atoms with E-state index in [4.69, 9.17) is 9.47 Å². The highest BCUT2D eigenvalue weighted by atomic mass is 19.1. The van der Waals surface area contributed by atoms with Gasteiger partial charge in [0.15, 0.2) is 0 Å². The minimum absolute atomic E-state index is 0.275. The Hall–Kier alpha value is -2.81. The van der Waals surface area contributed by atoms with Gasteiger partial charge in [-0.1, -0.05) is 42.5 Å². The molecule has 0 aromatic heterocycles. The molecule has 0 fully saturated rings. The zero-order valence-corrected chi connectivity index (χ0v) is 13.0. The molecule has 23 heavy (non-hydrogen) atoms. The Labute approximate surface area is 135 Å². The van der Waals surface area contributed by atoms with Gasteiger partial charge in [-0.2, -0.15) is 0 Å². The summed E-state index contributed by atoms with van der Waals surface area (Å²) < 4.78 is 25.1. The van der Waals surface area contributed by atoms with Crippen molar-refractivity contribution in [1.29, 1.82) is 0 Å². The van der Waals surface area contributed by atoms with Crippen LogP contribution in [0.4, 0.5) is 4.39 Å². The quantitative estimate of drug-likeness (QED) is 0.661. The lowest BCUT2D eigenvalue weighted by molar-refractivity contribution is 0.415. The van der Waals surface area contributed by atoms with Gasteiger partial charge in [-0.15, -0.1) is 0 Å². The lowest BCUT2D eigenvalue weighted by Crippen LogP contribution is -1.91. The highest BCUT2D eigenvalue weighted by molar-refractivity contribution is 5.74. The van der Waals surface area contributed by atoms with E-state index in [0.29, 0.717) is 11.3 Å². The van der Waals surface area contributed by atoms with Gasteiger partial charge in [-0.3, -0.25) is 0 Å². The molecule has 0 radical (unpaired) electrons. The molecule has 116 valence electrons. The first-order valence-electron chi connectivity index (χ1n) is 7.30. The molecule has 0 aliphatic carbocycles. The van der Waals surface area contributed by atoms with Crippen LogP contribution in [0.15, 0.2) is 66.7 Å². The van der Waals surface area contributed by atoms with Crippen molar-refractivity contribution in [3.05, 3.63) is 72.5 Å². The first-order valence-corrected chi connectivity index (χ1v) is 7.30. The van der Waals surface area contributed by atoms with Crippen LogP contribution in [0.25, 0.3) is 22.3 Å². The predicted octanol–water partition coefficient (Wildman–Crippen LogP) is 5.18. The second-order valence-corrected chi connectivity index (χ2v) is 5.12. The molecule has 0 N–H and O–H groups in total. The molecular weight excluding hydrogens is 291 g/mol. The summed E-state index contributed by atoms with van der Waals surface area (Å²) in [5, 5.41) is 0. The molecule has 0 bridgehead atoms. The highest BCUT2D eigenvalue weighted by Gasteiger charge is 2.11. The Morgan fingerprint density at radius 1 is 0.696 bits per heavy atom. The molecule has 0 amide bonds. The van der Waals surface area contributed by atoms with Crippen molar-refractivity contribution in [1.82, 2.24) is 0 Å². The Balaban J connectivity index is 2.00. The molecule has 3 aromatic carbocycles. The topological polar surface area (TPSA) is 18.5 Å². The SMILES string of the molecule is COc1ccc(-c2ccc(-c3ccccc3OC)c(F)c2)cc1. The van der Waals surface area contributed by atoms with Crippen LogP contribution in [0.5, 0.6) is 11.5 Å². The van der Waals surface area contributed by atoms with Crippen molar-refractivity contribution in [2.24, 2.45) is 0 Å². The van der Waals surface area contributed by atoms with Gasteiger partial charge in [0, 0.05) is 11.1 Å². The van der Waals surface area contributed by atoms with Gasteiger partial charge in [0.05, 0.1) is 14.2 Å². The summed E-state index contributed by atoms with van der Waals surface area (Å²) in [7, 11) is 3.21. The monoisotopic (exact) mass is 308 g/mol. The van der Waals surface area contributed by atoms with Gasteiger partial charge in [-0.25, -0.2) is 4.39 Å². The van der Waals surface area contributed by atoms with Crippen LogP contribution in [-0.4, -0.2) is 14.2 Å². The van der Waals surface area contributed by atoms with E-state index in [1.165, 1.54) is 0 Å². The fourth-order valence-electron chi connectivity index (χ4n) is 2.56. The molecule has 2 nitrogen and oxygen atoms in total. The van der Waals surface area contributed by atoms with Gasteiger partial charge >= 0.3 is 0 Å². The second-order valence-electron chi connectivity index (χ2n) is 5.12. The second kappa shape index (κ2) is 6.53. The Morgan fingerprint density at radius 2 is 1.39 bits per heavy atom. The Kier molecular flexibility index (Phi) is 4.29. The molecule has 0 saturated carbocycles. The van der Waals surface area contributed by atoms with Crippen LogP contribution in [0.3, 0.4) is 0 Å². The maximum Gasteiger partial charge on any atom is 0.131 e. The first kappa shape index (κ1) is 15.1. The van der Waals surface area contributed by atoms with Crippen LogP contribution < -0.4 is 9.47 Å². The zero-order valence-electron chi connectivity index (χ0n) is 13.0. The normalized spacial score (nSPS) is 10.4. The molecule has 0 saturated heterocycles. The number of methoxy groups -OCH3 is 2. The molecule has 0 atom stereocenters. The summed E-state index contributed by atoms with van der Waals surface area (Å²) in [5.74, 6) is 1.16. The van der Waals surface area contributed by atoms with Crippen molar-refractivity contribution in [2.75, 3.05) is 14.2 Å². The Morgan fingerprint density at radius 3 is 2.04 bits per heavy atom. The third kappa shape index (κ3) is 3.04. The third-order valence-electron chi connectivity index (χ3n) is 3.79. The number of hydrogen-bond acceptors (Lipinski definition) is 2. The summed E-state index contributed by atoms with van der Waals surface area (Å²) in [6.07, 6.45) is 0. The summed E-state index contributed by atoms with van der Waals surface area (Å²) in [6, 6.07) is 20.2. The van der Waals surface area contributed by atoms with Crippen molar-refractivity contribution in [2.45, 2.75) is 0 Å². The summed E-state index contributed by atoms with van der Waals surface area (Å²) in [6.45, 7) is 0. The molecule has 0 aliphatic rings. The minimum Gasteiger partial charge on any atom is -0.497 e. The largest absolute Gasteiger partial charge is 0.497 e. The summed E-state index contributed by atoms with van der Waals surface area (Å²) in [4.78, 5) is 0. The number of benzene rings is 3. The Bertz CT molecular complexity index is 810. The maximum atomic E-state index is 14.6. The summed E-state index contributed by atoms with van der Waals surface area (Å²) >= 11 is 0. The van der Waals surface area contributed by atoms with Crippen LogP contribution in [0.1, 0.15) is 0 Å². The van der Waals surface area contributed by atoms with Crippen LogP contribution in [0.2, 0.25) is 0 Å². The fraction of sp³-hybridized carbons (Fsp3) is 0.100. The molecule has 0 aliphatic heterocycles. The smallest absolute Gasteiger partial charge is 0.131 e.